The van der Waals surface area contributed by atoms with Crippen molar-refractivity contribution in [2.24, 2.45) is 0 Å². The molecule has 4 nitrogen and oxygen atoms in total. The smallest absolute Gasteiger partial charge is 0.264 e. The summed E-state index contributed by atoms with van der Waals surface area (Å²) in [5.74, 6) is -0.422. The van der Waals surface area contributed by atoms with Gasteiger partial charge in [-0.25, -0.2) is 12.8 Å². The molecule has 1 N–H and O–H groups in total. The molecule has 0 aliphatic rings. The van der Waals surface area contributed by atoms with Gasteiger partial charge < -0.3 is 5.11 Å². The van der Waals surface area contributed by atoms with Crippen molar-refractivity contribution >= 4 is 15.7 Å². The van der Waals surface area contributed by atoms with Crippen LogP contribution in [0.4, 0.5) is 10.1 Å². The zero-order valence-corrected chi connectivity index (χ0v) is 12.3. The first kappa shape index (κ1) is 15.5. The summed E-state index contributed by atoms with van der Waals surface area (Å²) in [5, 5.41) is 9.12. The van der Waals surface area contributed by atoms with Crippen LogP contribution in [0.25, 0.3) is 0 Å². The summed E-state index contributed by atoms with van der Waals surface area (Å²) in [6.07, 6.45) is 0. The van der Waals surface area contributed by atoms with Crippen LogP contribution in [0, 0.1) is 5.82 Å². The van der Waals surface area contributed by atoms with Crippen LogP contribution in [-0.4, -0.2) is 20.1 Å². The molecule has 0 unspecified atom stereocenters. The number of hydrogen-bond donors (Lipinski definition) is 1. The fourth-order valence-corrected chi connectivity index (χ4v) is 3.57. The summed E-state index contributed by atoms with van der Waals surface area (Å²) < 4.78 is 39.5. The summed E-state index contributed by atoms with van der Waals surface area (Å²) in [4.78, 5) is 0.0974. The second kappa shape index (κ2) is 6.24. The van der Waals surface area contributed by atoms with Crippen LogP contribution in [0.3, 0.4) is 0 Å². The molecular weight excluding hydrogens is 293 g/mol. The standard InChI is InChI=1S/C15H16FNO3S/c1-2-17(14-8-6-13(16)7-9-14)21(19,20)15-5-3-4-12(10-15)11-18/h3-10,18H,2,11H2,1H3. The molecule has 0 heterocycles. The molecule has 0 aliphatic carbocycles. The number of hydrogen-bond acceptors (Lipinski definition) is 3. The van der Waals surface area contributed by atoms with E-state index >= 15 is 0 Å². The van der Waals surface area contributed by atoms with E-state index in [-0.39, 0.29) is 18.0 Å². The van der Waals surface area contributed by atoms with Crippen LogP contribution < -0.4 is 4.31 Å². The van der Waals surface area contributed by atoms with Gasteiger partial charge >= 0.3 is 0 Å². The number of aliphatic hydroxyl groups is 1. The average Bonchev–Trinajstić information content (AvgIpc) is 2.50. The lowest BCUT2D eigenvalue weighted by molar-refractivity contribution is 0.281. The molecule has 0 saturated carbocycles. The minimum absolute atomic E-state index is 0.0974. The predicted octanol–water partition coefficient (Wildman–Crippen LogP) is 2.53. The van der Waals surface area contributed by atoms with E-state index in [2.05, 4.69) is 0 Å². The van der Waals surface area contributed by atoms with Crippen molar-refractivity contribution in [3.63, 3.8) is 0 Å². The molecule has 0 bridgehead atoms. The lowest BCUT2D eigenvalue weighted by atomic mass is 10.2. The van der Waals surface area contributed by atoms with Gasteiger partial charge in [0.2, 0.25) is 0 Å². The number of nitrogens with zero attached hydrogens (tertiary/aromatic N) is 1. The van der Waals surface area contributed by atoms with Crippen LogP contribution in [-0.2, 0) is 16.6 Å². The number of benzene rings is 2. The number of halogens is 1. The highest BCUT2D eigenvalue weighted by Crippen LogP contribution is 2.24. The fraction of sp³-hybridized carbons (Fsp3) is 0.200. The summed E-state index contributed by atoms with van der Waals surface area (Å²) >= 11 is 0. The van der Waals surface area contributed by atoms with Crippen molar-refractivity contribution in [2.75, 3.05) is 10.8 Å². The Balaban J connectivity index is 2.46. The lowest BCUT2D eigenvalue weighted by Gasteiger charge is -2.23. The van der Waals surface area contributed by atoms with E-state index in [4.69, 9.17) is 5.11 Å². The SMILES string of the molecule is CCN(c1ccc(F)cc1)S(=O)(=O)c1cccc(CO)c1. The number of aliphatic hydroxyl groups excluding tert-OH is 1. The van der Waals surface area contributed by atoms with Gasteiger partial charge in [0, 0.05) is 6.54 Å². The second-order valence-corrected chi connectivity index (χ2v) is 6.31. The van der Waals surface area contributed by atoms with Gasteiger partial charge in [-0.1, -0.05) is 12.1 Å². The maximum atomic E-state index is 13.0. The van der Waals surface area contributed by atoms with Gasteiger partial charge in [-0.15, -0.1) is 0 Å². The number of sulfonamides is 1. The third kappa shape index (κ3) is 3.22. The van der Waals surface area contributed by atoms with Gasteiger partial charge in [-0.05, 0) is 48.9 Å². The molecule has 0 atom stereocenters. The molecule has 0 fully saturated rings. The molecule has 2 aromatic rings. The van der Waals surface area contributed by atoms with Crippen molar-refractivity contribution in [3.05, 3.63) is 59.9 Å². The molecule has 0 aromatic heterocycles. The zero-order valence-electron chi connectivity index (χ0n) is 11.5. The van der Waals surface area contributed by atoms with Gasteiger partial charge in [0.1, 0.15) is 5.82 Å². The van der Waals surface area contributed by atoms with Crippen LogP contribution in [0.15, 0.2) is 53.4 Å². The predicted molar refractivity (Wildman–Crippen MR) is 79.0 cm³/mol. The molecule has 0 spiro atoms. The van der Waals surface area contributed by atoms with Gasteiger partial charge in [0.15, 0.2) is 0 Å². The van der Waals surface area contributed by atoms with E-state index in [0.29, 0.717) is 11.3 Å². The van der Waals surface area contributed by atoms with Crippen molar-refractivity contribution in [1.82, 2.24) is 0 Å². The van der Waals surface area contributed by atoms with Gasteiger partial charge in [0.05, 0.1) is 17.2 Å². The van der Waals surface area contributed by atoms with Crippen molar-refractivity contribution in [1.29, 1.82) is 0 Å². The van der Waals surface area contributed by atoms with E-state index in [0.717, 1.165) is 0 Å². The first-order valence-corrected chi connectivity index (χ1v) is 7.91. The first-order valence-electron chi connectivity index (χ1n) is 6.47. The third-order valence-corrected chi connectivity index (χ3v) is 4.97. The summed E-state index contributed by atoms with van der Waals surface area (Å²) in [7, 11) is -3.75. The van der Waals surface area contributed by atoms with Gasteiger partial charge in [-0.3, -0.25) is 4.31 Å². The molecule has 0 amide bonds. The Hall–Kier alpha value is -1.92. The Morgan fingerprint density at radius 1 is 1.14 bits per heavy atom. The van der Waals surface area contributed by atoms with E-state index in [1.165, 1.54) is 40.7 Å². The highest BCUT2D eigenvalue weighted by atomic mass is 32.2. The zero-order chi connectivity index (χ0) is 15.5. The first-order chi connectivity index (χ1) is 9.98. The summed E-state index contributed by atoms with van der Waals surface area (Å²) in [6.45, 7) is 1.69. The fourth-order valence-electron chi connectivity index (χ4n) is 2.03. The summed E-state index contributed by atoms with van der Waals surface area (Å²) in [5.41, 5.74) is 0.916. The quantitative estimate of drug-likeness (QED) is 0.923. The Bertz CT molecular complexity index is 714. The minimum atomic E-state index is -3.75. The monoisotopic (exact) mass is 309 g/mol. The number of rotatable bonds is 5. The maximum Gasteiger partial charge on any atom is 0.264 e. The topological polar surface area (TPSA) is 57.6 Å². The highest BCUT2D eigenvalue weighted by Gasteiger charge is 2.23. The minimum Gasteiger partial charge on any atom is -0.392 e. The molecule has 0 saturated heterocycles. The molecule has 2 aromatic carbocycles. The van der Waals surface area contributed by atoms with E-state index < -0.39 is 15.8 Å². The van der Waals surface area contributed by atoms with Crippen LogP contribution in [0.5, 0.6) is 0 Å². The van der Waals surface area contributed by atoms with Crippen molar-refractivity contribution in [2.45, 2.75) is 18.4 Å². The van der Waals surface area contributed by atoms with E-state index in [1.807, 2.05) is 0 Å². The average molecular weight is 309 g/mol. The lowest BCUT2D eigenvalue weighted by Crippen LogP contribution is -2.30. The maximum absolute atomic E-state index is 13.0. The van der Waals surface area contributed by atoms with Crippen LogP contribution in [0.1, 0.15) is 12.5 Å². The van der Waals surface area contributed by atoms with Gasteiger partial charge in [-0.2, -0.15) is 0 Å². The van der Waals surface area contributed by atoms with E-state index in [1.54, 1.807) is 19.1 Å². The molecule has 112 valence electrons. The molecule has 0 aliphatic heterocycles. The Morgan fingerprint density at radius 3 is 2.38 bits per heavy atom. The van der Waals surface area contributed by atoms with Crippen molar-refractivity contribution in [3.8, 4) is 0 Å². The molecule has 6 heteroatoms. The van der Waals surface area contributed by atoms with Crippen LogP contribution in [0.2, 0.25) is 0 Å². The molecule has 0 radical (unpaired) electrons. The number of anilines is 1. The molecule has 21 heavy (non-hydrogen) atoms. The highest BCUT2D eigenvalue weighted by molar-refractivity contribution is 7.92. The third-order valence-electron chi connectivity index (χ3n) is 3.07. The van der Waals surface area contributed by atoms with Crippen LogP contribution >= 0.6 is 0 Å². The van der Waals surface area contributed by atoms with Gasteiger partial charge in [0.25, 0.3) is 10.0 Å². The Kier molecular flexibility index (Phi) is 4.59. The summed E-state index contributed by atoms with van der Waals surface area (Å²) in [6, 6.07) is 11.4. The largest absolute Gasteiger partial charge is 0.392 e. The molecule has 2 rings (SSSR count). The van der Waals surface area contributed by atoms with Crippen molar-refractivity contribution < 1.29 is 17.9 Å². The van der Waals surface area contributed by atoms with E-state index in [9.17, 15) is 12.8 Å². The Labute approximate surface area is 123 Å². The molecular formula is C15H16FNO3S. The Morgan fingerprint density at radius 2 is 1.81 bits per heavy atom. The normalized spacial score (nSPS) is 11.4. The second-order valence-electron chi connectivity index (χ2n) is 4.45.